The molecule has 0 aromatic heterocycles. The van der Waals surface area contributed by atoms with Crippen LogP contribution < -0.4 is 0 Å². The fraction of sp³-hybridized carbons (Fsp3) is 0.500. The van der Waals surface area contributed by atoms with Crippen molar-refractivity contribution in [3.05, 3.63) is 35.4 Å². The summed E-state index contributed by atoms with van der Waals surface area (Å²) in [7, 11) is 1.83. The zero-order valence-corrected chi connectivity index (χ0v) is 13.8. The van der Waals surface area contributed by atoms with E-state index in [0.29, 0.717) is 29.5 Å². The van der Waals surface area contributed by atoms with Crippen LogP contribution in [0.4, 0.5) is 4.79 Å². The van der Waals surface area contributed by atoms with Gasteiger partial charge in [0.05, 0.1) is 11.1 Å². The molecule has 1 aromatic carbocycles. The molecule has 2 aliphatic heterocycles. The van der Waals surface area contributed by atoms with Gasteiger partial charge in [-0.15, -0.1) is 0 Å². The van der Waals surface area contributed by atoms with Gasteiger partial charge in [0.25, 0.3) is 11.8 Å². The second-order valence-corrected chi connectivity index (χ2v) is 7.00. The summed E-state index contributed by atoms with van der Waals surface area (Å²) in [4.78, 5) is 41.6. The Hall–Kier alpha value is -2.37. The maximum absolute atomic E-state index is 12.3. The Morgan fingerprint density at radius 3 is 2.25 bits per heavy atom. The molecule has 0 spiro atoms. The van der Waals surface area contributed by atoms with Gasteiger partial charge in [0, 0.05) is 33.2 Å². The molecule has 24 heavy (non-hydrogen) atoms. The second-order valence-electron chi connectivity index (χ2n) is 7.00. The summed E-state index contributed by atoms with van der Waals surface area (Å²) >= 11 is 0. The fourth-order valence-corrected chi connectivity index (χ4v) is 3.78. The first kappa shape index (κ1) is 15.2. The molecular formula is C18H21N3O3. The van der Waals surface area contributed by atoms with Gasteiger partial charge in [-0.25, -0.2) is 4.79 Å². The van der Waals surface area contributed by atoms with Crippen molar-refractivity contribution in [1.82, 2.24) is 14.7 Å². The minimum Gasteiger partial charge on any atom is -0.326 e. The summed E-state index contributed by atoms with van der Waals surface area (Å²) in [5.41, 5.74) is 1.03. The Bertz CT molecular complexity index is 682. The molecule has 126 valence electrons. The number of amides is 4. The summed E-state index contributed by atoms with van der Waals surface area (Å²) in [5, 5.41) is 0. The number of hydrogen-bond donors (Lipinski definition) is 0. The number of nitrogens with zero attached hydrogens (tertiary/aromatic N) is 3. The van der Waals surface area contributed by atoms with Gasteiger partial charge in [0.15, 0.2) is 0 Å². The quantitative estimate of drug-likeness (QED) is 0.773. The molecule has 4 rings (SSSR count). The molecule has 6 nitrogen and oxygen atoms in total. The van der Waals surface area contributed by atoms with Crippen LogP contribution in [0.25, 0.3) is 0 Å². The zero-order valence-electron chi connectivity index (χ0n) is 13.8. The van der Waals surface area contributed by atoms with Gasteiger partial charge in [-0.05, 0) is 36.8 Å². The lowest BCUT2D eigenvalue weighted by molar-refractivity contribution is 0.0649. The number of carbonyl (C=O) groups excluding carboxylic acids is 3. The third-order valence-corrected chi connectivity index (χ3v) is 5.43. The number of rotatable bonds is 5. The standard InChI is InChI=1S/C18H21N3O3/c1-19-8-9-20(18(19)24)11-13-10-12(13)6-7-21-16(22)14-4-2-3-5-15(14)17(21)23/h2-5,12-13H,6-11H2,1H3/t12-,13+/m0/s1. The van der Waals surface area contributed by atoms with Gasteiger partial charge in [-0.1, -0.05) is 12.1 Å². The molecule has 1 aliphatic carbocycles. The fourth-order valence-electron chi connectivity index (χ4n) is 3.78. The number of benzene rings is 1. The summed E-state index contributed by atoms with van der Waals surface area (Å²) in [5.74, 6) is 0.664. The van der Waals surface area contributed by atoms with Crippen LogP contribution in [-0.2, 0) is 0 Å². The molecule has 1 aromatic rings. The first-order valence-electron chi connectivity index (χ1n) is 8.51. The molecule has 0 bridgehead atoms. The van der Waals surface area contributed by atoms with Crippen LogP contribution in [0.3, 0.4) is 0 Å². The van der Waals surface area contributed by atoms with Crippen LogP contribution >= 0.6 is 0 Å². The van der Waals surface area contributed by atoms with Crippen molar-refractivity contribution in [2.45, 2.75) is 12.8 Å². The molecule has 6 heteroatoms. The Morgan fingerprint density at radius 1 is 1.00 bits per heavy atom. The Kier molecular flexibility index (Phi) is 3.55. The lowest BCUT2D eigenvalue weighted by atomic mass is 10.1. The van der Waals surface area contributed by atoms with Crippen LogP contribution in [0.15, 0.2) is 24.3 Å². The normalized spacial score (nSPS) is 25.7. The highest BCUT2D eigenvalue weighted by Crippen LogP contribution is 2.42. The van der Waals surface area contributed by atoms with E-state index in [-0.39, 0.29) is 17.8 Å². The van der Waals surface area contributed by atoms with E-state index in [0.717, 1.165) is 32.5 Å². The predicted octanol–water partition coefficient (Wildman–Crippen LogP) is 1.68. The molecule has 3 aliphatic rings. The van der Waals surface area contributed by atoms with Gasteiger partial charge < -0.3 is 9.80 Å². The van der Waals surface area contributed by atoms with Crippen LogP contribution in [0.2, 0.25) is 0 Å². The monoisotopic (exact) mass is 327 g/mol. The number of fused-ring (bicyclic) bond motifs is 1. The molecule has 0 radical (unpaired) electrons. The van der Waals surface area contributed by atoms with Gasteiger partial charge in [0.1, 0.15) is 0 Å². The van der Waals surface area contributed by atoms with Crippen molar-refractivity contribution >= 4 is 17.8 Å². The van der Waals surface area contributed by atoms with Crippen molar-refractivity contribution in [3.8, 4) is 0 Å². The summed E-state index contributed by atoms with van der Waals surface area (Å²) < 4.78 is 0. The molecule has 2 atom stereocenters. The molecule has 0 unspecified atom stereocenters. The second kappa shape index (κ2) is 5.61. The van der Waals surface area contributed by atoms with Gasteiger partial charge in [0.2, 0.25) is 0 Å². The molecular weight excluding hydrogens is 306 g/mol. The zero-order chi connectivity index (χ0) is 16.8. The minimum absolute atomic E-state index is 0.112. The van der Waals surface area contributed by atoms with Crippen LogP contribution in [0, 0.1) is 11.8 Å². The summed E-state index contributed by atoms with van der Waals surface area (Å²) in [6, 6.07) is 7.11. The lowest BCUT2D eigenvalue weighted by Gasteiger charge is -2.16. The first-order chi connectivity index (χ1) is 11.6. The van der Waals surface area contributed by atoms with Crippen molar-refractivity contribution < 1.29 is 14.4 Å². The predicted molar refractivity (Wildman–Crippen MR) is 87.6 cm³/mol. The Morgan fingerprint density at radius 2 is 1.67 bits per heavy atom. The maximum Gasteiger partial charge on any atom is 0.319 e. The highest BCUT2D eigenvalue weighted by Gasteiger charge is 2.42. The van der Waals surface area contributed by atoms with Gasteiger partial charge in [-0.2, -0.15) is 0 Å². The van der Waals surface area contributed by atoms with Crippen LogP contribution in [0.5, 0.6) is 0 Å². The molecule has 1 saturated heterocycles. The molecule has 2 fully saturated rings. The van der Waals surface area contributed by atoms with E-state index < -0.39 is 0 Å². The lowest BCUT2D eigenvalue weighted by Crippen LogP contribution is -2.32. The topological polar surface area (TPSA) is 60.9 Å². The summed E-state index contributed by atoms with van der Waals surface area (Å²) in [6.45, 7) is 2.87. The summed E-state index contributed by atoms with van der Waals surface area (Å²) in [6.07, 6.45) is 1.91. The van der Waals surface area contributed by atoms with E-state index >= 15 is 0 Å². The van der Waals surface area contributed by atoms with Crippen LogP contribution in [-0.4, -0.2) is 65.8 Å². The third kappa shape index (κ3) is 2.46. The average Bonchev–Trinajstić information content (AvgIpc) is 3.20. The molecule has 4 amide bonds. The maximum atomic E-state index is 12.3. The SMILES string of the molecule is CN1CCN(C[C@H]2C[C@@H]2CCN2C(=O)c3ccccc3C2=O)C1=O. The van der Waals surface area contributed by atoms with E-state index in [1.807, 2.05) is 11.9 Å². The van der Waals surface area contributed by atoms with E-state index in [2.05, 4.69) is 0 Å². The molecule has 2 heterocycles. The third-order valence-electron chi connectivity index (χ3n) is 5.43. The van der Waals surface area contributed by atoms with Gasteiger partial charge in [-0.3, -0.25) is 14.5 Å². The van der Waals surface area contributed by atoms with Crippen LogP contribution in [0.1, 0.15) is 33.6 Å². The average molecular weight is 327 g/mol. The van der Waals surface area contributed by atoms with Crippen molar-refractivity contribution in [2.75, 3.05) is 33.2 Å². The highest BCUT2D eigenvalue weighted by molar-refractivity contribution is 6.21. The highest BCUT2D eigenvalue weighted by atomic mass is 16.2. The van der Waals surface area contributed by atoms with Gasteiger partial charge >= 0.3 is 6.03 Å². The van der Waals surface area contributed by atoms with E-state index in [1.54, 1.807) is 29.2 Å². The smallest absolute Gasteiger partial charge is 0.319 e. The molecule has 0 N–H and O–H groups in total. The van der Waals surface area contributed by atoms with Crippen molar-refractivity contribution in [2.24, 2.45) is 11.8 Å². The number of likely N-dealkylation sites (N-methyl/N-ethyl adjacent to an activating group) is 1. The number of hydrogen-bond acceptors (Lipinski definition) is 3. The number of imide groups is 1. The number of urea groups is 1. The molecule has 1 saturated carbocycles. The Balaban J connectivity index is 1.29. The largest absolute Gasteiger partial charge is 0.326 e. The Labute approximate surface area is 141 Å². The first-order valence-corrected chi connectivity index (χ1v) is 8.51. The number of carbonyl (C=O) groups is 3. The van der Waals surface area contributed by atoms with Crippen molar-refractivity contribution in [3.63, 3.8) is 0 Å². The van der Waals surface area contributed by atoms with E-state index in [9.17, 15) is 14.4 Å². The van der Waals surface area contributed by atoms with Crippen molar-refractivity contribution in [1.29, 1.82) is 0 Å². The van der Waals surface area contributed by atoms with E-state index in [1.165, 1.54) is 4.90 Å². The van der Waals surface area contributed by atoms with E-state index in [4.69, 9.17) is 0 Å². The minimum atomic E-state index is -0.177.